The van der Waals surface area contributed by atoms with E-state index in [0.717, 1.165) is 12.2 Å². The number of alkyl halides is 13. The zero-order valence-corrected chi connectivity index (χ0v) is 11.0. The molecule has 0 heterocycles. The third-order valence-electron chi connectivity index (χ3n) is 2.56. The summed E-state index contributed by atoms with van der Waals surface area (Å²) in [6.45, 7) is -0.0954. The topological polar surface area (TPSA) is 29.1 Å². The number of amides is 1. The number of hydrogen-bond donors (Lipinski definition) is 1. The lowest BCUT2D eigenvalue weighted by Gasteiger charge is -2.39. The maximum Gasteiger partial charge on any atom is 0.460 e. The fraction of sp³-hybridized carbons (Fsp3) is 0.889. The van der Waals surface area contributed by atoms with Crippen LogP contribution in [0.1, 0.15) is 6.92 Å². The lowest BCUT2D eigenvalue weighted by atomic mass is 9.93. The molecule has 0 aliphatic heterocycles. The lowest BCUT2D eigenvalue weighted by molar-refractivity contribution is -0.436. The highest BCUT2D eigenvalue weighted by atomic mass is 19.4. The predicted molar refractivity (Wildman–Crippen MR) is 49.5 cm³/mol. The molecule has 0 atom stereocenters. The molecule has 0 aromatic carbocycles. The molecule has 0 radical (unpaired) electrons. The number of carbonyl (C=O) groups excluding carboxylic acids is 1. The molecule has 0 unspecified atom stereocenters. The maximum atomic E-state index is 13.0. The standard InChI is InChI=1S/C9H6F13NO/c1-2-23-3(24)4(10,11)5(12,13)6(14,15)7(16,17)8(18,19)9(20,21)22/h2H2,1H3,(H,23,24). The summed E-state index contributed by atoms with van der Waals surface area (Å²) in [6, 6.07) is 0. The number of rotatable bonds is 6. The number of carbonyl (C=O) groups is 1. The van der Waals surface area contributed by atoms with Crippen molar-refractivity contribution in [2.24, 2.45) is 0 Å². The van der Waals surface area contributed by atoms with Crippen LogP contribution in [-0.2, 0) is 4.79 Å². The van der Waals surface area contributed by atoms with Gasteiger partial charge in [-0.05, 0) is 6.92 Å². The summed E-state index contributed by atoms with van der Waals surface area (Å²) >= 11 is 0. The van der Waals surface area contributed by atoms with Crippen LogP contribution in [0.4, 0.5) is 57.1 Å². The van der Waals surface area contributed by atoms with E-state index in [0.29, 0.717) is 0 Å². The fourth-order valence-corrected chi connectivity index (χ4v) is 1.18. The molecular formula is C9H6F13NO. The first-order valence-corrected chi connectivity index (χ1v) is 5.47. The van der Waals surface area contributed by atoms with Gasteiger partial charge in [0.2, 0.25) is 0 Å². The first-order chi connectivity index (χ1) is 10.2. The summed E-state index contributed by atoms with van der Waals surface area (Å²) in [6.07, 6.45) is -7.48. The van der Waals surface area contributed by atoms with Crippen LogP contribution in [0, 0.1) is 0 Å². The molecule has 0 bridgehead atoms. The van der Waals surface area contributed by atoms with Gasteiger partial charge in [0.25, 0.3) is 5.91 Å². The minimum Gasteiger partial charge on any atom is -0.351 e. The second kappa shape index (κ2) is 5.82. The summed E-state index contributed by atoms with van der Waals surface area (Å²) < 4.78 is 164. The average molecular weight is 391 g/mol. The second-order valence-electron chi connectivity index (χ2n) is 4.23. The van der Waals surface area contributed by atoms with Crippen molar-refractivity contribution in [1.82, 2.24) is 5.32 Å². The smallest absolute Gasteiger partial charge is 0.351 e. The Morgan fingerprint density at radius 1 is 0.667 bits per heavy atom. The number of hydrogen-bond acceptors (Lipinski definition) is 1. The normalized spacial score (nSPS) is 15.4. The molecule has 1 N–H and O–H groups in total. The Bertz CT molecular complexity index is 480. The Morgan fingerprint density at radius 3 is 1.29 bits per heavy atom. The number of nitrogens with one attached hydrogen (secondary N) is 1. The van der Waals surface area contributed by atoms with Crippen molar-refractivity contribution in [1.29, 1.82) is 0 Å². The van der Waals surface area contributed by atoms with Crippen LogP contribution < -0.4 is 5.32 Å². The van der Waals surface area contributed by atoms with Crippen molar-refractivity contribution in [2.45, 2.75) is 42.7 Å². The van der Waals surface area contributed by atoms with Gasteiger partial charge in [-0.3, -0.25) is 4.79 Å². The van der Waals surface area contributed by atoms with Crippen molar-refractivity contribution in [3.05, 3.63) is 0 Å². The molecule has 0 saturated carbocycles. The van der Waals surface area contributed by atoms with Crippen LogP contribution >= 0.6 is 0 Å². The van der Waals surface area contributed by atoms with Crippen LogP contribution in [-0.4, -0.2) is 48.2 Å². The van der Waals surface area contributed by atoms with Gasteiger partial charge in [0.1, 0.15) is 0 Å². The van der Waals surface area contributed by atoms with Gasteiger partial charge in [-0.1, -0.05) is 0 Å². The summed E-state index contributed by atoms with van der Waals surface area (Å²) in [4.78, 5) is 10.6. The quantitative estimate of drug-likeness (QED) is 0.685. The molecule has 0 fully saturated rings. The SMILES string of the molecule is CCNC(=O)C(F)(F)C(F)(F)C(F)(F)C(F)(F)C(F)(F)C(F)(F)F. The fourth-order valence-electron chi connectivity index (χ4n) is 1.18. The molecular weight excluding hydrogens is 385 g/mol. The van der Waals surface area contributed by atoms with Gasteiger partial charge in [0, 0.05) is 6.54 Å². The third kappa shape index (κ3) is 2.85. The van der Waals surface area contributed by atoms with E-state index in [-0.39, 0.29) is 0 Å². The van der Waals surface area contributed by atoms with Gasteiger partial charge in [-0.2, -0.15) is 57.1 Å². The molecule has 0 spiro atoms. The van der Waals surface area contributed by atoms with Gasteiger partial charge in [0.15, 0.2) is 0 Å². The second-order valence-corrected chi connectivity index (χ2v) is 4.23. The van der Waals surface area contributed by atoms with Crippen molar-refractivity contribution >= 4 is 5.91 Å². The van der Waals surface area contributed by atoms with Gasteiger partial charge < -0.3 is 5.32 Å². The molecule has 2 nitrogen and oxygen atoms in total. The molecule has 24 heavy (non-hydrogen) atoms. The molecule has 0 saturated heterocycles. The summed E-state index contributed by atoms with van der Waals surface area (Å²) in [7, 11) is 0. The molecule has 1 amide bonds. The van der Waals surface area contributed by atoms with Crippen LogP contribution in [0.25, 0.3) is 0 Å². The van der Waals surface area contributed by atoms with Gasteiger partial charge in [0.05, 0.1) is 0 Å². The zero-order chi connectivity index (χ0) is 20.0. The molecule has 0 rings (SSSR count). The van der Waals surface area contributed by atoms with E-state index >= 15 is 0 Å². The van der Waals surface area contributed by atoms with Gasteiger partial charge in [-0.15, -0.1) is 0 Å². The first kappa shape index (κ1) is 22.6. The Morgan fingerprint density at radius 2 is 1.00 bits per heavy atom. The molecule has 144 valence electrons. The van der Waals surface area contributed by atoms with Crippen molar-refractivity contribution in [3.8, 4) is 0 Å². The number of halogens is 13. The Balaban J connectivity index is 6.25. The monoisotopic (exact) mass is 391 g/mol. The molecule has 0 aliphatic rings. The zero-order valence-electron chi connectivity index (χ0n) is 11.0. The largest absolute Gasteiger partial charge is 0.460 e. The first-order valence-electron chi connectivity index (χ1n) is 5.47. The van der Waals surface area contributed by atoms with E-state index in [9.17, 15) is 61.9 Å². The highest BCUT2D eigenvalue weighted by Crippen LogP contribution is 2.60. The summed E-state index contributed by atoms with van der Waals surface area (Å²) in [5.41, 5.74) is 0. The van der Waals surface area contributed by atoms with E-state index in [1.54, 1.807) is 0 Å². The van der Waals surface area contributed by atoms with Gasteiger partial charge >= 0.3 is 35.8 Å². The average Bonchev–Trinajstić information content (AvgIpc) is 2.36. The minimum absolute atomic E-state index is 0.802. The van der Waals surface area contributed by atoms with Crippen LogP contribution in [0.5, 0.6) is 0 Å². The lowest BCUT2D eigenvalue weighted by Crippen LogP contribution is -2.72. The molecule has 0 aliphatic carbocycles. The van der Waals surface area contributed by atoms with Crippen molar-refractivity contribution < 1.29 is 61.9 Å². The predicted octanol–water partition coefficient (Wildman–Crippen LogP) is 3.86. The molecule has 0 aromatic rings. The highest BCUT2D eigenvalue weighted by Gasteiger charge is 2.91. The van der Waals surface area contributed by atoms with E-state index in [4.69, 9.17) is 0 Å². The Hall–Kier alpha value is -1.44. The van der Waals surface area contributed by atoms with Gasteiger partial charge in [-0.25, -0.2) is 0 Å². The van der Waals surface area contributed by atoms with E-state index in [2.05, 4.69) is 0 Å². The summed E-state index contributed by atoms with van der Waals surface area (Å²) in [5, 5.41) is 0.828. The van der Waals surface area contributed by atoms with E-state index < -0.39 is 48.2 Å². The van der Waals surface area contributed by atoms with Crippen molar-refractivity contribution in [2.75, 3.05) is 6.54 Å². The van der Waals surface area contributed by atoms with Crippen LogP contribution in [0.3, 0.4) is 0 Å². The third-order valence-corrected chi connectivity index (χ3v) is 2.56. The molecule has 15 heteroatoms. The van der Waals surface area contributed by atoms with Crippen molar-refractivity contribution in [3.63, 3.8) is 0 Å². The maximum absolute atomic E-state index is 13.0. The molecule has 0 aromatic heterocycles. The van der Waals surface area contributed by atoms with Crippen LogP contribution in [0.15, 0.2) is 0 Å². The van der Waals surface area contributed by atoms with Crippen LogP contribution in [0.2, 0.25) is 0 Å². The Labute approximate surface area is 124 Å². The van der Waals surface area contributed by atoms with E-state index in [1.807, 2.05) is 0 Å². The van der Waals surface area contributed by atoms with E-state index in [1.165, 1.54) is 0 Å². The Kier molecular flexibility index (Phi) is 5.47. The summed E-state index contributed by atoms with van der Waals surface area (Å²) in [5.74, 6) is -41.3. The highest BCUT2D eigenvalue weighted by molar-refractivity contribution is 5.84. The minimum atomic E-state index is -8.00.